The van der Waals surface area contributed by atoms with Crippen LogP contribution < -0.4 is 5.32 Å². The van der Waals surface area contributed by atoms with Crippen LogP contribution in [0.1, 0.15) is 37.5 Å². The summed E-state index contributed by atoms with van der Waals surface area (Å²) in [7, 11) is 0. The predicted molar refractivity (Wildman–Crippen MR) is 75.9 cm³/mol. The van der Waals surface area contributed by atoms with E-state index >= 15 is 0 Å². The minimum Gasteiger partial charge on any atom is -0.313 e. The normalized spacial score (nSPS) is 26.2. The van der Waals surface area contributed by atoms with Gasteiger partial charge in [0.05, 0.1) is 0 Å². The van der Waals surface area contributed by atoms with Crippen molar-refractivity contribution in [2.45, 2.75) is 38.6 Å². The summed E-state index contributed by atoms with van der Waals surface area (Å²) in [6.07, 6.45) is 2.56. The van der Waals surface area contributed by atoms with Gasteiger partial charge >= 0.3 is 0 Å². The molecular formula is C14H24N2S. The highest BCUT2D eigenvalue weighted by Crippen LogP contribution is 2.30. The zero-order valence-electron chi connectivity index (χ0n) is 11.0. The van der Waals surface area contributed by atoms with Crippen molar-refractivity contribution in [3.63, 3.8) is 0 Å². The number of piperidine rings is 1. The molecule has 0 aliphatic carbocycles. The van der Waals surface area contributed by atoms with Crippen molar-refractivity contribution in [3.05, 3.63) is 22.4 Å². The highest BCUT2D eigenvalue weighted by atomic mass is 32.1. The molecule has 0 aromatic carbocycles. The van der Waals surface area contributed by atoms with Crippen molar-refractivity contribution in [2.75, 3.05) is 26.2 Å². The van der Waals surface area contributed by atoms with Gasteiger partial charge in [0.2, 0.25) is 0 Å². The van der Waals surface area contributed by atoms with Crippen LogP contribution in [0.5, 0.6) is 0 Å². The zero-order chi connectivity index (χ0) is 12.1. The lowest BCUT2D eigenvalue weighted by atomic mass is 9.92. The summed E-state index contributed by atoms with van der Waals surface area (Å²) in [5.74, 6) is 0.736. The summed E-state index contributed by atoms with van der Waals surface area (Å²) in [5, 5.41) is 5.83. The van der Waals surface area contributed by atoms with E-state index in [9.17, 15) is 0 Å². The van der Waals surface area contributed by atoms with Crippen LogP contribution in [-0.4, -0.2) is 37.1 Å². The van der Waals surface area contributed by atoms with Crippen molar-refractivity contribution in [2.24, 2.45) is 0 Å². The summed E-state index contributed by atoms with van der Waals surface area (Å²) in [5.41, 5.74) is 0. The molecule has 0 saturated carbocycles. The molecule has 2 heterocycles. The van der Waals surface area contributed by atoms with Gasteiger partial charge in [-0.25, -0.2) is 0 Å². The maximum atomic E-state index is 3.63. The first-order chi connectivity index (χ1) is 8.33. The van der Waals surface area contributed by atoms with E-state index in [4.69, 9.17) is 0 Å². The van der Waals surface area contributed by atoms with Gasteiger partial charge in [-0.15, -0.1) is 11.3 Å². The number of likely N-dealkylation sites (N-methyl/N-ethyl adjacent to an activating group) is 1. The third-order valence-corrected chi connectivity index (χ3v) is 4.54. The maximum Gasteiger partial charge on any atom is 0.0201 e. The fourth-order valence-corrected chi connectivity index (χ4v) is 3.69. The number of hydrogen-bond donors (Lipinski definition) is 1. The Morgan fingerprint density at radius 3 is 2.94 bits per heavy atom. The van der Waals surface area contributed by atoms with Gasteiger partial charge in [-0.1, -0.05) is 19.9 Å². The quantitative estimate of drug-likeness (QED) is 0.867. The molecule has 2 unspecified atom stereocenters. The molecule has 96 valence electrons. The summed E-state index contributed by atoms with van der Waals surface area (Å²) in [6, 6.07) is 5.15. The van der Waals surface area contributed by atoms with Crippen LogP contribution in [0.3, 0.4) is 0 Å². The van der Waals surface area contributed by atoms with Crippen molar-refractivity contribution in [3.8, 4) is 0 Å². The molecule has 1 aromatic rings. The molecule has 1 N–H and O–H groups in total. The van der Waals surface area contributed by atoms with Crippen LogP contribution in [0, 0.1) is 0 Å². The second-order valence-corrected chi connectivity index (χ2v) is 5.94. The Morgan fingerprint density at radius 2 is 2.29 bits per heavy atom. The molecule has 3 heteroatoms. The van der Waals surface area contributed by atoms with Crippen LogP contribution in [0.15, 0.2) is 17.5 Å². The number of rotatable bonds is 5. The molecule has 1 saturated heterocycles. The number of hydrogen-bond acceptors (Lipinski definition) is 3. The van der Waals surface area contributed by atoms with E-state index in [0.29, 0.717) is 6.04 Å². The molecule has 1 aromatic heterocycles. The molecule has 17 heavy (non-hydrogen) atoms. The maximum absolute atomic E-state index is 3.63. The fraction of sp³-hybridized carbons (Fsp3) is 0.714. The molecule has 0 amide bonds. The standard InChI is InChI=1S/C14H24N2S/c1-3-7-16-10-12(14-6-5-8-17-14)9-13(11-16)15-4-2/h5-6,8,12-13,15H,3-4,7,9-11H2,1-2H3. The zero-order valence-corrected chi connectivity index (χ0v) is 11.8. The smallest absolute Gasteiger partial charge is 0.0201 e. The number of thiophene rings is 1. The molecule has 0 spiro atoms. The Bertz CT molecular complexity index is 296. The number of likely N-dealkylation sites (tertiary alicyclic amines) is 1. The monoisotopic (exact) mass is 252 g/mol. The highest BCUT2D eigenvalue weighted by molar-refractivity contribution is 7.10. The molecule has 0 radical (unpaired) electrons. The number of nitrogens with zero attached hydrogens (tertiary/aromatic N) is 1. The van der Waals surface area contributed by atoms with Crippen molar-refractivity contribution >= 4 is 11.3 Å². The lowest BCUT2D eigenvalue weighted by molar-refractivity contribution is 0.174. The van der Waals surface area contributed by atoms with Crippen LogP contribution in [0.2, 0.25) is 0 Å². The van der Waals surface area contributed by atoms with Crippen molar-refractivity contribution < 1.29 is 0 Å². The summed E-state index contributed by atoms with van der Waals surface area (Å²) >= 11 is 1.92. The molecule has 0 bridgehead atoms. The molecule has 1 aliphatic heterocycles. The molecular weight excluding hydrogens is 228 g/mol. The van der Waals surface area contributed by atoms with Crippen molar-refractivity contribution in [1.29, 1.82) is 0 Å². The van der Waals surface area contributed by atoms with Gasteiger partial charge in [-0.05, 0) is 37.4 Å². The van der Waals surface area contributed by atoms with Gasteiger partial charge in [0.1, 0.15) is 0 Å². The van der Waals surface area contributed by atoms with Crippen LogP contribution >= 0.6 is 11.3 Å². The van der Waals surface area contributed by atoms with E-state index in [1.165, 1.54) is 32.5 Å². The van der Waals surface area contributed by atoms with E-state index in [0.717, 1.165) is 12.5 Å². The molecule has 1 aliphatic rings. The largest absolute Gasteiger partial charge is 0.313 e. The van der Waals surface area contributed by atoms with Gasteiger partial charge in [0, 0.05) is 29.9 Å². The number of nitrogens with one attached hydrogen (secondary N) is 1. The van der Waals surface area contributed by atoms with Crippen molar-refractivity contribution in [1.82, 2.24) is 10.2 Å². The topological polar surface area (TPSA) is 15.3 Å². The molecule has 2 atom stereocenters. The first-order valence-corrected chi connectivity index (χ1v) is 7.70. The summed E-state index contributed by atoms with van der Waals surface area (Å²) < 4.78 is 0. The van der Waals surface area contributed by atoms with Crippen LogP contribution in [0.4, 0.5) is 0 Å². The average Bonchev–Trinajstić information content (AvgIpc) is 2.83. The van der Waals surface area contributed by atoms with Gasteiger partial charge < -0.3 is 10.2 Å². The molecule has 2 nitrogen and oxygen atoms in total. The Labute approximate surface area is 109 Å². The predicted octanol–water partition coefficient (Wildman–Crippen LogP) is 2.93. The van der Waals surface area contributed by atoms with Gasteiger partial charge in [-0.2, -0.15) is 0 Å². The highest BCUT2D eigenvalue weighted by Gasteiger charge is 2.27. The summed E-state index contributed by atoms with van der Waals surface area (Å²) in [6.45, 7) is 9.28. The minimum absolute atomic E-state index is 0.674. The Balaban J connectivity index is 2.00. The Morgan fingerprint density at radius 1 is 1.41 bits per heavy atom. The lowest BCUT2D eigenvalue weighted by Gasteiger charge is -2.37. The molecule has 1 fully saturated rings. The lowest BCUT2D eigenvalue weighted by Crippen LogP contribution is -2.48. The molecule has 2 rings (SSSR count). The second-order valence-electron chi connectivity index (χ2n) is 4.96. The van der Waals surface area contributed by atoms with E-state index in [-0.39, 0.29) is 0 Å². The van der Waals surface area contributed by atoms with E-state index in [1.54, 1.807) is 4.88 Å². The Hall–Kier alpha value is -0.380. The third-order valence-electron chi connectivity index (χ3n) is 3.50. The minimum atomic E-state index is 0.674. The Kier molecular flexibility index (Phi) is 5.01. The third kappa shape index (κ3) is 3.54. The first kappa shape index (κ1) is 13.1. The van der Waals surface area contributed by atoms with Crippen LogP contribution in [-0.2, 0) is 0 Å². The SMILES string of the molecule is CCCN1CC(NCC)CC(c2cccs2)C1. The first-order valence-electron chi connectivity index (χ1n) is 6.82. The fourth-order valence-electron chi connectivity index (χ4n) is 2.86. The van der Waals surface area contributed by atoms with E-state index in [2.05, 4.69) is 41.6 Å². The van der Waals surface area contributed by atoms with Gasteiger partial charge in [0.15, 0.2) is 0 Å². The van der Waals surface area contributed by atoms with Gasteiger partial charge in [0.25, 0.3) is 0 Å². The average molecular weight is 252 g/mol. The second kappa shape index (κ2) is 6.53. The summed E-state index contributed by atoms with van der Waals surface area (Å²) in [4.78, 5) is 4.19. The van der Waals surface area contributed by atoms with E-state index in [1.807, 2.05) is 11.3 Å². The van der Waals surface area contributed by atoms with Crippen LogP contribution in [0.25, 0.3) is 0 Å². The van der Waals surface area contributed by atoms with Gasteiger partial charge in [-0.3, -0.25) is 0 Å². The van der Waals surface area contributed by atoms with E-state index < -0.39 is 0 Å².